The lowest BCUT2D eigenvalue weighted by Crippen LogP contribution is -2.26. The summed E-state index contributed by atoms with van der Waals surface area (Å²) in [7, 11) is -4.04. The maximum Gasteiger partial charge on any atom is 0.397 e. The number of nitrogens with two attached hydrogens (primary N) is 1. The molecule has 0 heterocycles. The quantitative estimate of drug-likeness (QED) is 0.611. The van der Waals surface area contributed by atoms with E-state index in [1.165, 1.54) is 18.2 Å². The normalized spacial score (nSPS) is 10.9. The first kappa shape index (κ1) is 15.6. The third kappa shape index (κ3) is 4.30. The standard InChI is InChI=1S/C10H11BrN2O5S/c1-2-18-10(15)9(14)13-7-4-3-6(11)5-8(7)19(12,16)17/h3-5H,2H2,1H3,(H,13,14)(H2,12,16,17). The summed E-state index contributed by atoms with van der Waals surface area (Å²) in [4.78, 5) is 22.3. The maximum atomic E-state index is 11.4. The van der Waals surface area contributed by atoms with Gasteiger partial charge >= 0.3 is 11.9 Å². The van der Waals surface area contributed by atoms with Gasteiger partial charge < -0.3 is 10.1 Å². The molecule has 0 unspecified atom stereocenters. The van der Waals surface area contributed by atoms with Crippen LogP contribution in [-0.2, 0) is 24.3 Å². The third-order valence-corrected chi connectivity index (χ3v) is 3.40. The second-order valence-corrected chi connectivity index (χ2v) is 5.81. The molecule has 1 aromatic rings. The summed E-state index contributed by atoms with van der Waals surface area (Å²) in [5.74, 6) is -2.18. The molecule has 0 aromatic heterocycles. The molecule has 1 aromatic carbocycles. The number of ether oxygens (including phenoxy) is 1. The van der Waals surface area contributed by atoms with E-state index in [4.69, 9.17) is 5.14 Å². The number of benzene rings is 1. The molecule has 0 spiro atoms. The number of nitrogens with one attached hydrogen (secondary N) is 1. The molecule has 19 heavy (non-hydrogen) atoms. The molecule has 0 atom stereocenters. The molecule has 0 radical (unpaired) electrons. The fraction of sp³-hybridized carbons (Fsp3) is 0.200. The molecule has 9 heteroatoms. The van der Waals surface area contributed by atoms with Crippen molar-refractivity contribution >= 4 is 43.5 Å². The fourth-order valence-corrected chi connectivity index (χ4v) is 2.43. The van der Waals surface area contributed by atoms with Crippen LogP contribution in [0.4, 0.5) is 5.69 Å². The first-order valence-corrected chi connectivity index (χ1v) is 7.40. The highest BCUT2D eigenvalue weighted by molar-refractivity contribution is 9.10. The van der Waals surface area contributed by atoms with E-state index < -0.39 is 21.9 Å². The van der Waals surface area contributed by atoms with Crippen LogP contribution < -0.4 is 10.5 Å². The van der Waals surface area contributed by atoms with Crippen molar-refractivity contribution in [3.05, 3.63) is 22.7 Å². The first-order chi connectivity index (χ1) is 8.75. The number of carbonyl (C=O) groups excluding carboxylic acids is 2. The molecule has 0 aliphatic rings. The number of amides is 1. The summed E-state index contributed by atoms with van der Waals surface area (Å²) in [6, 6.07) is 4.02. The molecule has 0 saturated heterocycles. The maximum absolute atomic E-state index is 11.4. The zero-order valence-electron chi connectivity index (χ0n) is 9.84. The molecule has 7 nitrogen and oxygen atoms in total. The van der Waals surface area contributed by atoms with Gasteiger partial charge in [-0.25, -0.2) is 18.4 Å². The van der Waals surface area contributed by atoms with E-state index in [2.05, 4.69) is 26.0 Å². The molecule has 0 aliphatic carbocycles. The van der Waals surface area contributed by atoms with Crippen molar-refractivity contribution in [2.75, 3.05) is 11.9 Å². The molecule has 1 rings (SSSR count). The summed E-state index contributed by atoms with van der Waals surface area (Å²) in [5, 5.41) is 7.16. The molecule has 1 amide bonds. The van der Waals surface area contributed by atoms with Crippen molar-refractivity contribution < 1.29 is 22.7 Å². The number of primary sulfonamides is 1. The zero-order chi connectivity index (χ0) is 14.6. The van der Waals surface area contributed by atoms with Crippen LogP contribution in [0, 0.1) is 0 Å². The highest BCUT2D eigenvalue weighted by Gasteiger charge is 2.20. The van der Waals surface area contributed by atoms with Crippen LogP contribution in [0.1, 0.15) is 6.92 Å². The van der Waals surface area contributed by atoms with E-state index in [1.807, 2.05) is 0 Å². The number of sulfonamides is 1. The summed E-state index contributed by atoms with van der Waals surface area (Å²) < 4.78 is 27.7. The number of carbonyl (C=O) groups is 2. The summed E-state index contributed by atoms with van der Waals surface area (Å²) >= 11 is 3.08. The van der Waals surface area contributed by atoms with Crippen LogP contribution in [0.15, 0.2) is 27.6 Å². The van der Waals surface area contributed by atoms with Crippen molar-refractivity contribution in [3.8, 4) is 0 Å². The van der Waals surface area contributed by atoms with Crippen LogP contribution >= 0.6 is 15.9 Å². The Bertz CT molecular complexity index is 614. The predicted molar refractivity (Wildman–Crippen MR) is 70.8 cm³/mol. The topological polar surface area (TPSA) is 116 Å². The fourth-order valence-electron chi connectivity index (χ4n) is 1.20. The molecule has 0 fully saturated rings. The van der Waals surface area contributed by atoms with Crippen molar-refractivity contribution in [1.29, 1.82) is 0 Å². The Morgan fingerprint density at radius 2 is 2.05 bits per heavy atom. The van der Waals surface area contributed by atoms with Gasteiger partial charge in [0.15, 0.2) is 0 Å². The number of esters is 1. The second-order valence-electron chi connectivity index (χ2n) is 3.36. The zero-order valence-corrected chi connectivity index (χ0v) is 12.2. The largest absolute Gasteiger partial charge is 0.459 e. The van der Waals surface area contributed by atoms with Crippen LogP contribution in [0.2, 0.25) is 0 Å². The van der Waals surface area contributed by atoms with Gasteiger partial charge in [-0.3, -0.25) is 4.79 Å². The average molecular weight is 351 g/mol. The van der Waals surface area contributed by atoms with Gasteiger partial charge in [0.25, 0.3) is 0 Å². The van der Waals surface area contributed by atoms with Crippen molar-refractivity contribution in [1.82, 2.24) is 0 Å². The van der Waals surface area contributed by atoms with Gasteiger partial charge in [-0.15, -0.1) is 0 Å². The van der Waals surface area contributed by atoms with E-state index in [0.717, 1.165) is 0 Å². The molecule has 3 N–H and O–H groups in total. The number of hydrogen-bond donors (Lipinski definition) is 2. The predicted octanol–water partition coefficient (Wildman–Crippen LogP) is 0.598. The molecule has 0 saturated carbocycles. The highest BCUT2D eigenvalue weighted by Crippen LogP contribution is 2.24. The number of anilines is 1. The smallest absolute Gasteiger partial charge is 0.397 e. The molecular formula is C10H11BrN2O5S. The SMILES string of the molecule is CCOC(=O)C(=O)Nc1ccc(Br)cc1S(N)(=O)=O. The number of hydrogen-bond acceptors (Lipinski definition) is 5. The summed E-state index contributed by atoms with van der Waals surface area (Å²) in [6.45, 7) is 1.58. The molecule has 104 valence electrons. The lowest BCUT2D eigenvalue weighted by Gasteiger charge is -2.09. The minimum atomic E-state index is -4.04. The van der Waals surface area contributed by atoms with Crippen LogP contribution in [-0.4, -0.2) is 26.9 Å². The van der Waals surface area contributed by atoms with Gasteiger partial charge in [-0.2, -0.15) is 0 Å². The monoisotopic (exact) mass is 350 g/mol. The van der Waals surface area contributed by atoms with Crippen LogP contribution in [0.3, 0.4) is 0 Å². The minimum Gasteiger partial charge on any atom is -0.459 e. The summed E-state index contributed by atoms with van der Waals surface area (Å²) in [6.07, 6.45) is 0. The Balaban J connectivity index is 3.09. The van der Waals surface area contributed by atoms with Gasteiger partial charge in [0, 0.05) is 4.47 Å². The summed E-state index contributed by atoms with van der Waals surface area (Å²) in [5.41, 5.74) is -0.0937. The van der Waals surface area contributed by atoms with Gasteiger partial charge in [0.05, 0.1) is 12.3 Å². The number of halogens is 1. The van der Waals surface area contributed by atoms with Gasteiger partial charge in [-0.1, -0.05) is 15.9 Å². The molecule has 0 bridgehead atoms. The van der Waals surface area contributed by atoms with Crippen molar-refractivity contribution in [3.63, 3.8) is 0 Å². The Kier molecular flexibility index (Phi) is 5.04. The van der Waals surface area contributed by atoms with E-state index in [1.54, 1.807) is 6.92 Å². The van der Waals surface area contributed by atoms with Gasteiger partial charge in [-0.05, 0) is 25.1 Å². The third-order valence-electron chi connectivity index (χ3n) is 1.96. The van der Waals surface area contributed by atoms with Crippen molar-refractivity contribution in [2.45, 2.75) is 11.8 Å². The lowest BCUT2D eigenvalue weighted by molar-refractivity contribution is -0.152. The highest BCUT2D eigenvalue weighted by atomic mass is 79.9. The Hall–Kier alpha value is -1.45. The van der Waals surface area contributed by atoms with E-state index in [9.17, 15) is 18.0 Å². The number of rotatable bonds is 3. The van der Waals surface area contributed by atoms with Crippen molar-refractivity contribution in [2.24, 2.45) is 5.14 Å². The van der Waals surface area contributed by atoms with Gasteiger partial charge in [0.2, 0.25) is 10.0 Å². The molecule has 0 aliphatic heterocycles. The lowest BCUT2D eigenvalue weighted by atomic mass is 10.3. The van der Waals surface area contributed by atoms with Crippen LogP contribution in [0.5, 0.6) is 0 Å². The second kappa shape index (κ2) is 6.13. The average Bonchev–Trinajstić information content (AvgIpc) is 2.30. The first-order valence-electron chi connectivity index (χ1n) is 5.06. The minimum absolute atomic E-state index is 0.0363. The Labute approximate surface area is 118 Å². The van der Waals surface area contributed by atoms with Crippen LogP contribution in [0.25, 0.3) is 0 Å². The Morgan fingerprint density at radius 1 is 1.42 bits per heavy atom. The molecular weight excluding hydrogens is 340 g/mol. The van der Waals surface area contributed by atoms with E-state index in [-0.39, 0.29) is 17.2 Å². The van der Waals surface area contributed by atoms with E-state index in [0.29, 0.717) is 4.47 Å². The van der Waals surface area contributed by atoms with E-state index >= 15 is 0 Å². The Morgan fingerprint density at radius 3 is 2.58 bits per heavy atom. The van der Waals surface area contributed by atoms with Gasteiger partial charge in [0.1, 0.15) is 4.90 Å².